The van der Waals surface area contributed by atoms with Crippen LogP contribution in [0, 0.1) is 0 Å². The molecule has 0 saturated carbocycles. The number of nitrogens with zero attached hydrogens (tertiary/aromatic N) is 2. The van der Waals surface area contributed by atoms with Crippen molar-refractivity contribution >= 4 is 29.8 Å². The van der Waals surface area contributed by atoms with Crippen molar-refractivity contribution in [2.45, 2.75) is 19.9 Å². The molecule has 2 rings (SSSR count). The monoisotopic (exact) mass is 519 g/mol. The Labute approximate surface area is 216 Å². The zero-order chi connectivity index (χ0) is 28.0. The maximum atomic E-state index is 12.5. The van der Waals surface area contributed by atoms with Crippen molar-refractivity contribution in [3.05, 3.63) is 35.9 Å². The molecule has 2 amide bonds. The summed E-state index contributed by atoms with van der Waals surface area (Å²) in [5, 5.41) is 21.7. The summed E-state index contributed by atoms with van der Waals surface area (Å²) in [5.74, 6) is -1.56. The lowest BCUT2D eigenvalue weighted by Gasteiger charge is -2.33. The molecule has 12 nitrogen and oxygen atoms in total. The smallest absolute Gasteiger partial charge is 0.246 e. The molecule has 0 aromatic heterocycles. The van der Waals surface area contributed by atoms with Crippen LogP contribution < -0.4 is 29.7 Å². The third-order valence-corrected chi connectivity index (χ3v) is 4.96. The Balaban J connectivity index is 0.000000738. The molecule has 1 saturated heterocycles. The molecule has 204 valence electrons. The van der Waals surface area contributed by atoms with Gasteiger partial charge in [-0.2, -0.15) is 0 Å². The van der Waals surface area contributed by atoms with E-state index >= 15 is 0 Å². The minimum absolute atomic E-state index is 0.0158. The van der Waals surface area contributed by atoms with Crippen molar-refractivity contribution in [1.29, 1.82) is 0 Å². The van der Waals surface area contributed by atoms with Crippen LogP contribution in [0.3, 0.4) is 0 Å². The molecule has 1 heterocycles. The van der Waals surface area contributed by atoms with E-state index in [1.165, 1.54) is 0 Å². The Morgan fingerprint density at radius 2 is 1.41 bits per heavy atom. The van der Waals surface area contributed by atoms with Gasteiger partial charge in [-0.15, -0.1) is 0 Å². The summed E-state index contributed by atoms with van der Waals surface area (Å²) in [6.07, 6.45) is 4.04. The first-order chi connectivity index (χ1) is 17.5. The van der Waals surface area contributed by atoms with Gasteiger partial charge in [0.05, 0.1) is 39.8 Å². The van der Waals surface area contributed by atoms with Crippen LogP contribution in [0.1, 0.15) is 19.4 Å². The number of benzene rings is 1. The number of ether oxygens (including phenoxy) is 3. The lowest BCUT2D eigenvalue weighted by atomic mass is 10.1. The molecule has 0 bridgehead atoms. The lowest BCUT2D eigenvalue weighted by Crippen LogP contribution is -2.51. The van der Waals surface area contributed by atoms with Crippen LogP contribution in [-0.2, 0) is 19.2 Å². The molecular weight excluding hydrogens is 486 g/mol. The number of rotatable bonds is 10. The van der Waals surface area contributed by atoms with Crippen LogP contribution in [0.5, 0.6) is 17.2 Å². The Hall–Kier alpha value is -4.06. The van der Waals surface area contributed by atoms with Crippen molar-refractivity contribution in [1.82, 2.24) is 15.1 Å². The van der Waals surface area contributed by atoms with E-state index < -0.39 is 11.9 Å². The molecule has 12 heteroatoms. The lowest BCUT2D eigenvalue weighted by molar-refractivity contribution is -0.301. The highest BCUT2D eigenvalue weighted by atomic mass is 16.5. The largest absolute Gasteiger partial charge is 0.545 e. The highest BCUT2D eigenvalue weighted by molar-refractivity contribution is 5.92. The Morgan fingerprint density at radius 1 is 0.892 bits per heavy atom. The minimum atomic E-state index is -1.55. The molecule has 0 radical (unpaired) electrons. The Morgan fingerprint density at radius 3 is 1.81 bits per heavy atom. The highest BCUT2D eigenvalue weighted by Crippen LogP contribution is 2.38. The van der Waals surface area contributed by atoms with Crippen LogP contribution in [-0.4, -0.2) is 93.6 Å². The van der Waals surface area contributed by atoms with E-state index in [0.29, 0.717) is 62.1 Å². The zero-order valence-electron chi connectivity index (χ0n) is 21.6. The van der Waals surface area contributed by atoms with Crippen LogP contribution in [0.4, 0.5) is 0 Å². The SMILES string of the molecule is COc1cc(/C=C/C(=O)N2CCN(CC(=O)NC(C)C)CC2)cc(OC)c1OC.O=C([O-])/C=C\C(=O)[O-]. The van der Waals surface area contributed by atoms with Gasteiger partial charge in [-0.25, -0.2) is 0 Å². The van der Waals surface area contributed by atoms with Crippen molar-refractivity contribution in [3.8, 4) is 17.2 Å². The number of piperazine rings is 1. The second kappa shape index (κ2) is 15.8. The van der Waals surface area contributed by atoms with Gasteiger partial charge in [-0.3, -0.25) is 14.5 Å². The van der Waals surface area contributed by atoms with Crippen LogP contribution in [0.2, 0.25) is 0 Å². The summed E-state index contributed by atoms with van der Waals surface area (Å²) in [4.78, 5) is 47.1. The van der Waals surface area contributed by atoms with Gasteiger partial charge in [-0.1, -0.05) is 0 Å². The summed E-state index contributed by atoms with van der Waals surface area (Å²) in [6, 6.07) is 3.71. The fourth-order valence-corrected chi connectivity index (χ4v) is 3.30. The van der Waals surface area contributed by atoms with E-state index in [2.05, 4.69) is 10.2 Å². The molecule has 1 N–H and O–H groups in total. The minimum Gasteiger partial charge on any atom is -0.545 e. The molecular formula is C25H33N3O9-2. The van der Waals surface area contributed by atoms with Gasteiger partial charge in [-0.05, 0) is 49.8 Å². The van der Waals surface area contributed by atoms with Gasteiger partial charge in [0.15, 0.2) is 11.5 Å². The van der Waals surface area contributed by atoms with Crippen molar-refractivity contribution in [3.63, 3.8) is 0 Å². The number of hydrogen-bond donors (Lipinski definition) is 1. The number of carbonyl (C=O) groups is 4. The first-order valence-electron chi connectivity index (χ1n) is 11.4. The van der Waals surface area contributed by atoms with Gasteiger partial charge >= 0.3 is 0 Å². The fraction of sp³-hybridized carbons (Fsp3) is 0.440. The van der Waals surface area contributed by atoms with Gasteiger partial charge in [0.1, 0.15) is 0 Å². The molecule has 0 spiro atoms. The quantitative estimate of drug-likeness (QED) is 0.358. The van der Waals surface area contributed by atoms with Gasteiger partial charge in [0.25, 0.3) is 0 Å². The van der Waals surface area contributed by atoms with E-state index in [1.807, 2.05) is 13.8 Å². The third-order valence-electron chi connectivity index (χ3n) is 4.96. The maximum Gasteiger partial charge on any atom is 0.246 e. The molecule has 0 aliphatic carbocycles. The molecule has 37 heavy (non-hydrogen) atoms. The van der Waals surface area contributed by atoms with Crippen LogP contribution in [0.25, 0.3) is 6.08 Å². The topological polar surface area (TPSA) is 161 Å². The molecule has 0 unspecified atom stereocenters. The number of amides is 2. The molecule has 1 aliphatic rings. The average molecular weight is 520 g/mol. The Kier molecular flexibility index (Phi) is 13.3. The first-order valence-corrected chi connectivity index (χ1v) is 11.4. The van der Waals surface area contributed by atoms with Crippen molar-refractivity contribution in [2.24, 2.45) is 0 Å². The van der Waals surface area contributed by atoms with E-state index in [4.69, 9.17) is 14.2 Å². The first kappa shape index (κ1) is 31.0. The second-order valence-electron chi connectivity index (χ2n) is 8.09. The van der Waals surface area contributed by atoms with E-state index in [9.17, 15) is 29.4 Å². The van der Waals surface area contributed by atoms with E-state index in [0.717, 1.165) is 5.56 Å². The predicted octanol–water partition coefficient (Wildman–Crippen LogP) is -1.56. The average Bonchev–Trinajstić information content (AvgIpc) is 2.85. The number of aliphatic carboxylic acids is 2. The van der Waals surface area contributed by atoms with E-state index in [1.54, 1.807) is 50.5 Å². The van der Waals surface area contributed by atoms with Crippen molar-refractivity contribution in [2.75, 3.05) is 54.1 Å². The molecule has 1 fully saturated rings. The highest BCUT2D eigenvalue weighted by Gasteiger charge is 2.21. The van der Waals surface area contributed by atoms with Crippen LogP contribution in [0.15, 0.2) is 30.4 Å². The number of hydrogen-bond acceptors (Lipinski definition) is 10. The normalized spacial score (nSPS) is 13.7. The van der Waals surface area contributed by atoms with Crippen LogP contribution >= 0.6 is 0 Å². The molecule has 1 aliphatic heterocycles. The summed E-state index contributed by atoms with van der Waals surface area (Å²) < 4.78 is 16.0. The molecule has 1 aromatic rings. The number of nitrogens with one attached hydrogen (secondary N) is 1. The number of carbonyl (C=O) groups excluding carboxylic acids is 4. The number of methoxy groups -OCH3 is 3. The summed E-state index contributed by atoms with van der Waals surface area (Å²) in [5.41, 5.74) is 0.775. The van der Waals surface area contributed by atoms with E-state index in [-0.39, 0.29) is 17.9 Å². The standard InChI is InChI=1S/C21H31N3O5.C4H4O4/c1-15(2)22-19(25)14-23-8-10-24(11-9-23)20(26)7-6-16-12-17(27-3)21(29-5)18(13-16)28-4;5-3(6)1-2-4(7)8/h6-7,12-13,15H,8-11,14H2,1-5H3,(H,22,25);1-2H,(H,5,6)(H,7,8)/p-2/b7-6+;2-1-. The Bertz CT molecular complexity index is 956. The van der Waals surface area contributed by atoms with Gasteiger partial charge < -0.3 is 44.2 Å². The summed E-state index contributed by atoms with van der Waals surface area (Å²) in [7, 11) is 4.65. The van der Waals surface area contributed by atoms with Gasteiger partial charge in [0, 0.05) is 38.3 Å². The zero-order valence-corrected chi connectivity index (χ0v) is 21.6. The third kappa shape index (κ3) is 11.5. The second-order valence-corrected chi connectivity index (χ2v) is 8.09. The fourth-order valence-electron chi connectivity index (χ4n) is 3.30. The molecule has 1 aromatic carbocycles. The summed E-state index contributed by atoms with van der Waals surface area (Å²) in [6.45, 7) is 6.77. The van der Waals surface area contributed by atoms with Gasteiger partial charge in [0.2, 0.25) is 17.6 Å². The number of carboxylic acid groups (broad SMARTS) is 2. The molecule has 0 atom stereocenters. The number of carboxylic acids is 2. The van der Waals surface area contributed by atoms with Crippen molar-refractivity contribution < 1.29 is 43.6 Å². The summed E-state index contributed by atoms with van der Waals surface area (Å²) >= 11 is 0. The maximum absolute atomic E-state index is 12.5. The predicted molar refractivity (Wildman–Crippen MR) is 131 cm³/mol.